The highest BCUT2D eigenvalue weighted by Gasteiger charge is 2.23. The van der Waals surface area contributed by atoms with Gasteiger partial charge in [0.2, 0.25) is 0 Å². The molecule has 0 bridgehead atoms. The van der Waals surface area contributed by atoms with Gasteiger partial charge in [-0.1, -0.05) is 97.1 Å². The Morgan fingerprint density at radius 3 is 2.14 bits per heavy atom. The lowest BCUT2D eigenvalue weighted by atomic mass is 10.1. The SMILES string of the molecule is C1=CC(P(c2ccccc2)c2cccc3ccccc23)C=C1. The third kappa shape index (κ3) is 2.40. The number of allylic oxidation sites excluding steroid dienone is 4. The van der Waals surface area contributed by atoms with E-state index in [0.717, 1.165) is 0 Å². The maximum atomic E-state index is 2.33. The molecule has 1 unspecified atom stereocenters. The Labute approximate surface area is 132 Å². The van der Waals surface area contributed by atoms with Crippen LogP contribution in [0.2, 0.25) is 0 Å². The van der Waals surface area contributed by atoms with E-state index < -0.39 is 7.92 Å². The maximum absolute atomic E-state index is 2.33. The largest absolute Gasteiger partial charge is 0.0727 e. The van der Waals surface area contributed by atoms with Crippen molar-refractivity contribution in [2.45, 2.75) is 5.66 Å². The fraction of sp³-hybridized carbons (Fsp3) is 0.0476. The number of benzene rings is 3. The average molecular weight is 300 g/mol. The second-order valence-corrected chi connectivity index (χ2v) is 7.80. The Morgan fingerprint density at radius 1 is 0.636 bits per heavy atom. The van der Waals surface area contributed by atoms with Crippen LogP contribution in [0.4, 0.5) is 0 Å². The molecule has 0 nitrogen and oxygen atoms in total. The van der Waals surface area contributed by atoms with Crippen LogP contribution in [0.5, 0.6) is 0 Å². The summed E-state index contributed by atoms with van der Waals surface area (Å²) in [5.74, 6) is 0. The molecule has 106 valence electrons. The fourth-order valence-corrected chi connectivity index (χ4v) is 5.76. The highest BCUT2D eigenvalue weighted by molar-refractivity contribution is 7.74. The Morgan fingerprint density at radius 2 is 1.32 bits per heavy atom. The number of rotatable bonds is 3. The third-order valence-electron chi connectivity index (χ3n) is 4.09. The molecule has 1 atom stereocenters. The Balaban J connectivity index is 1.93. The normalized spacial score (nSPS) is 15.5. The summed E-state index contributed by atoms with van der Waals surface area (Å²) in [6, 6.07) is 26.4. The minimum Gasteiger partial charge on any atom is -0.0727 e. The first kappa shape index (κ1) is 13.5. The van der Waals surface area contributed by atoms with Crippen molar-refractivity contribution >= 4 is 29.3 Å². The predicted molar refractivity (Wildman–Crippen MR) is 98.6 cm³/mol. The van der Waals surface area contributed by atoms with Gasteiger partial charge in [-0.05, 0) is 29.3 Å². The van der Waals surface area contributed by atoms with E-state index >= 15 is 0 Å². The highest BCUT2D eigenvalue weighted by Crippen LogP contribution is 2.44. The first-order valence-electron chi connectivity index (χ1n) is 7.60. The van der Waals surface area contributed by atoms with Crippen molar-refractivity contribution in [1.82, 2.24) is 0 Å². The van der Waals surface area contributed by atoms with Crippen molar-refractivity contribution in [2.24, 2.45) is 0 Å². The van der Waals surface area contributed by atoms with E-state index in [-0.39, 0.29) is 0 Å². The lowest BCUT2D eigenvalue weighted by molar-refractivity contribution is 1.45. The van der Waals surface area contributed by atoms with E-state index in [2.05, 4.69) is 97.1 Å². The molecule has 0 heterocycles. The molecule has 0 aliphatic heterocycles. The number of fused-ring (bicyclic) bond motifs is 1. The summed E-state index contributed by atoms with van der Waals surface area (Å²) in [6.45, 7) is 0. The van der Waals surface area contributed by atoms with Crippen molar-refractivity contribution in [3.05, 3.63) is 97.1 Å². The molecule has 22 heavy (non-hydrogen) atoms. The van der Waals surface area contributed by atoms with Crippen molar-refractivity contribution in [2.75, 3.05) is 0 Å². The summed E-state index contributed by atoms with van der Waals surface area (Å²) in [4.78, 5) is 0. The molecule has 0 aromatic heterocycles. The quantitative estimate of drug-likeness (QED) is 0.611. The molecule has 0 fully saturated rings. The molecule has 0 saturated heterocycles. The van der Waals surface area contributed by atoms with Gasteiger partial charge in [0.25, 0.3) is 0 Å². The van der Waals surface area contributed by atoms with Crippen LogP contribution in [0.3, 0.4) is 0 Å². The Hall–Kier alpha value is -2.17. The topological polar surface area (TPSA) is 0 Å². The first-order valence-corrected chi connectivity index (χ1v) is 9.01. The third-order valence-corrected chi connectivity index (χ3v) is 6.79. The molecule has 0 spiro atoms. The molecule has 1 heteroatoms. The van der Waals surface area contributed by atoms with E-state index in [0.29, 0.717) is 5.66 Å². The van der Waals surface area contributed by atoms with Gasteiger partial charge in [0.05, 0.1) is 0 Å². The standard InChI is InChI=1S/C21H17P/c1-2-11-18(12-3-1)22(19-13-5-6-14-19)21-16-8-10-17-9-4-7-15-20(17)21/h1-16,19H. The van der Waals surface area contributed by atoms with Gasteiger partial charge < -0.3 is 0 Å². The van der Waals surface area contributed by atoms with Gasteiger partial charge >= 0.3 is 0 Å². The zero-order valence-corrected chi connectivity index (χ0v) is 13.2. The molecule has 3 aromatic carbocycles. The maximum Gasteiger partial charge on any atom is 0.0237 e. The highest BCUT2D eigenvalue weighted by atomic mass is 31.1. The zero-order valence-electron chi connectivity index (χ0n) is 12.3. The van der Waals surface area contributed by atoms with Gasteiger partial charge in [0.15, 0.2) is 0 Å². The molecule has 0 saturated carbocycles. The van der Waals surface area contributed by atoms with Crippen LogP contribution in [0.1, 0.15) is 0 Å². The van der Waals surface area contributed by atoms with E-state index in [1.165, 1.54) is 21.4 Å². The molecule has 1 aliphatic carbocycles. The average Bonchev–Trinajstić information content (AvgIpc) is 3.11. The van der Waals surface area contributed by atoms with Crippen LogP contribution in [-0.4, -0.2) is 5.66 Å². The summed E-state index contributed by atoms with van der Waals surface area (Å²) in [5, 5.41) is 5.62. The predicted octanol–water partition coefficient (Wildman–Crippen LogP) is 4.77. The van der Waals surface area contributed by atoms with Crippen molar-refractivity contribution in [1.29, 1.82) is 0 Å². The lowest BCUT2D eigenvalue weighted by Crippen LogP contribution is -2.19. The van der Waals surface area contributed by atoms with Gasteiger partial charge in [-0.2, -0.15) is 0 Å². The van der Waals surface area contributed by atoms with Gasteiger partial charge in [0, 0.05) is 5.66 Å². The Kier molecular flexibility index (Phi) is 3.62. The van der Waals surface area contributed by atoms with Crippen molar-refractivity contribution < 1.29 is 0 Å². The molecule has 3 aromatic rings. The van der Waals surface area contributed by atoms with Crippen LogP contribution in [0, 0.1) is 0 Å². The summed E-state index contributed by atoms with van der Waals surface area (Å²) < 4.78 is 0. The molecule has 0 radical (unpaired) electrons. The second kappa shape index (κ2) is 5.91. The summed E-state index contributed by atoms with van der Waals surface area (Å²) in [7, 11) is -0.425. The van der Waals surface area contributed by atoms with Crippen molar-refractivity contribution in [3.8, 4) is 0 Å². The minimum absolute atomic E-state index is 0.425. The number of hydrogen-bond donors (Lipinski definition) is 0. The molecule has 1 aliphatic rings. The number of hydrogen-bond acceptors (Lipinski definition) is 0. The molecular formula is C21H17P. The summed E-state index contributed by atoms with van der Waals surface area (Å²) >= 11 is 0. The molecular weight excluding hydrogens is 283 g/mol. The molecule has 0 N–H and O–H groups in total. The van der Waals surface area contributed by atoms with E-state index in [4.69, 9.17) is 0 Å². The molecule has 4 rings (SSSR count). The summed E-state index contributed by atoms with van der Waals surface area (Å²) in [5.41, 5.74) is 0.489. The second-order valence-electron chi connectivity index (χ2n) is 5.46. The van der Waals surface area contributed by atoms with Gasteiger partial charge in [-0.15, -0.1) is 0 Å². The fourth-order valence-electron chi connectivity index (χ4n) is 3.07. The smallest absolute Gasteiger partial charge is 0.0237 e. The van der Waals surface area contributed by atoms with Crippen LogP contribution < -0.4 is 10.6 Å². The van der Waals surface area contributed by atoms with E-state index in [1.54, 1.807) is 0 Å². The van der Waals surface area contributed by atoms with Crippen LogP contribution in [0.15, 0.2) is 97.1 Å². The van der Waals surface area contributed by atoms with Gasteiger partial charge in [-0.3, -0.25) is 0 Å². The monoisotopic (exact) mass is 300 g/mol. The van der Waals surface area contributed by atoms with Crippen LogP contribution in [0.25, 0.3) is 10.8 Å². The first-order chi connectivity index (χ1) is 10.9. The summed E-state index contributed by atoms with van der Waals surface area (Å²) in [6.07, 6.45) is 9.02. The lowest BCUT2D eigenvalue weighted by Gasteiger charge is -2.24. The van der Waals surface area contributed by atoms with Crippen molar-refractivity contribution in [3.63, 3.8) is 0 Å². The van der Waals surface area contributed by atoms with E-state index in [9.17, 15) is 0 Å². The zero-order chi connectivity index (χ0) is 14.8. The minimum atomic E-state index is -0.425. The Bertz CT molecular complexity index is 829. The van der Waals surface area contributed by atoms with Crippen LogP contribution in [-0.2, 0) is 0 Å². The van der Waals surface area contributed by atoms with Gasteiger partial charge in [0.1, 0.15) is 0 Å². The van der Waals surface area contributed by atoms with E-state index in [1.807, 2.05) is 0 Å². The molecule has 0 amide bonds. The van der Waals surface area contributed by atoms with Crippen LogP contribution >= 0.6 is 7.92 Å². The van der Waals surface area contributed by atoms with Gasteiger partial charge in [-0.25, -0.2) is 0 Å².